The van der Waals surface area contributed by atoms with Crippen molar-refractivity contribution in [1.29, 1.82) is 0 Å². The molecule has 0 spiro atoms. The Morgan fingerprint density at radius 3 is 0.700 bits per heavy atom. The molecule has 11 heteroatoms. The van der Waals surface area contributed by atoms with Gasteiger partial charge in [-0.2, -0.15) is 0 Å². The van der Waals surface area contributed by atoms with Crippen molar-refractivity contribution in [1.82, 2.24) is 25.3 Å². The van der Waals surface area contributed by atoms with Crippen LogP contribution in [0.1, 0.15) is 336 Å². The third-order valence-corrected chi connectivity index (χ3v) is 16.8. The molecule has 11 nitrogen and oxygen atoms in total. The van der Waals surface area contributed by atoms with Crippen LogP contribution in [0.25, 0.3) is 0 Å². The van der Waals surface area contributed by atoms with Gasteiger partial charge in [0.2, 0.25) is 11.8 Å². The van der Waals surface area contributed by atoms with Gasteiger partial charge in [-0.05, 0) is 38.6 Å². The number of carbonyl (C=O) groups excluding carboxylic acids is 2. The van der Waals surface area contributed by atoms with Crippen LogP contribution < -0.4 is 10.6 Å². The Balaban J connectivity index is 5.07. The van der Waals surface area contributed by atoms with E-state index in [2.05, 4.69) is 60.0 Å². The average molecular weight is 1140 g/mol. The zero-order valence-electron chi connectivity index (χ0n) is 54.3. The molecule has 0 saturated heterocycles. The lowest BCUT2D eigenvalue weighted by Gasteiger charge is -2.28. The van der Waals surface area contributed by atoms with Crippen molar-refractivity contribution >= 4 is 11.8 Å². The maximum Gasteiger partial charge on any atom is 0.221 e. The lowest BCUT2D eigenvalue weighted by atomic mass is 10.0. The Kier molecular flexibility index (Phi) is 61.2. The van der Waals surface area contributed by atoms with E-state index in [9.17, 15) is 30.0 Å². The van der Waals surface area contributed by atoms with Gasteiger partial charge in [0.1, 0.15) is 0 Å². The fourth-order valence-corrected chi connectivity index (χ4v) is 11.6. The molecule has 80 heavy (non-hydrogen) atoms. The fourth-order valence-electron chi connectivity index (χ4n) is 11.6. The largest absolute Gasteiger partial charge is 0.392 e. The van der Waals surface area contributed by atoms with E-state index < -0.39 is 24.4 Å². The third kappa shape index (κ3) is 57.1. The lowest BCUT2D eigenvalue weighted by Crippen LogP contribution is -2.43. The SMILES string of the molecule is CCCCCCCCCCCCC(O)CN(CCNC(=O)CCN(CCC)CCC(=O)NCCN(CC(O)CCCCCCCCCCCC)CC(O)CCCCCCCCCCCC)CC(O)CCCCCCCCCCCC. The smallest absolute Gasteiger partial charge is 0.221 e. The Labute approximate surface area is 497 Å². The molecule has 0 aromatic carbocycles. The topological polar surface area (TPSA) is 149 Å². The highest BCUT2D eigenvalue weighted by molar-refractivity contribution is 5.76. The second-order valence-electron chi connectivity index (χ2n) is 25.1. The Hall–Kier alpha value is -1.34. The number of hydrogen-bond acceptors (Lipinski definition) is 9. The predicted octanol–water partition coefficient (Wildman–Crippen LogP) is 16.0. The van der Waals surface area contributed by atoms with E-state index in [1.807, 2.05) is 0 Å². The highest BCUT2D eigenvalue weighted by Gasteiger charge is 2.19. The van der Waals surface area contributed by atoms with Crippen molar-refractivity contribution in [3.8, 4) is 0 Å². The summed E-state index contributed by atoms with van der Waals surface area (Å²) in [6, 6.07) is 0. The number of nitrogens with one attached hydrogen (secondary N) is 2. The summed E-state index contributed by atoms with van der Waals surface area (Å²) in [7, 11) is 0. The molecule has 0 bridgehead atoms. The molecule has 0 heterocycles. The summed E-state index contributed by atoms with van der Waals surface area (Å²) in [5.74, 6) is -0.0312. The molecular formula is C69H141N5O6. The van der Waals surface area contributed by atoms with Crippen LogP contribution in [0.4, 0.5) is 0 Å². The van der Waals surface area contributed by atoms with Crippen LogP contribution in [-0.2, 0) is 9.59 Å². The first-order valence-corrected chi connectivity index (χ1v) is 35.5. The first kappa shape index (κ1) is 78.7. The van der Waals surface area contributed by atoms with E-state index in [1.54, 1.807) is 0 Å². The van der Waals surface area contributed by atoms with Gasteiger partial charge < -0.3 is 36.0 Å². The molecule has 6 N–H and O–H groups in total. The van der Waals surface area contributed by atoms with Gasteiger partial charge >= 0.3 is 0 Å². The predicted molar refractivity (Wildman–Crippen MR) is 345 cm³/mol. The van der Waals surface area contributed by atoms with Crippen LogP contribution in [0.15, 0.2) is 0 Å². The molecule has 0 rings (SSSR count). The summed E-state index contributed by atoms with van der Waals surface area (Å²) in [6.07, 6.45) is 53.7. The summed E-state index contributed by atoms with van der Waals surface area (Å²) < 4.78 is 0. The van der Waals surface area contributed by atoms with Crippen LogP contribution in [0.2, 0.25) is 0 Å². The molecule has 478 valence electrons. The number of carbonyl (C=O) groups is 2. The Bertz CT molecular complexity index is 1110. The molecule has 0 fully saturated rings. The molecule has 0 aromatic heterocycles. The van der Waals surface area contributed by atoms with Gasteiger partial charge in [-0.15, -0.1) is 0 Å². The summed E-state index contributed by atoms with van der Waals surface area (Å²) >= 11 is 0. The van der Waals surface area contributed by atoms with Gasteiger partial charge in [0.25, 0.3) is 0 Å². The first-order chi connectivity index (χ1) is 39.1. The zero-order chi connectivity index (χ0) is 58.6. The van der Waals surface area contributed by atoms with Crippen molar-refractivity contribution < 1.29 is 30.0 Å². The second kappa shape index (κ2) is 62.2. The molecule has 0 aliphatic rings. The van der Waals surface area contributed by atoms with Crippen molar-refractivity contribution in [3.63, 3.8) is 0 Å². The number of amides is 2. The average Bonchev–Trinajstić information content (AvgIpc) is 3.43. The maximum absolute atomic E-state index is 13.2. The molecular weight excluding hydrogens is 995 g/mol. The summed E-state index contributed by atoms with van der Waals surface area (Å²) in [4.78, 5) is 33.0. The first-order valence-electron chi connectivity index (χ1n) is 35.5. The Morgan fingerprint density at radius 1 is 0.275 bits per heavy atom. The summed E-state index contributed by atoms with van der Waals surface area (Å²) in [6.45, 7) is 17.3. The molecule has 4 atom stereocenters. The lowest BCUT2D eigenvalue weighted by molar-refractivity contribution is -0.121. The van der Waals surface area contributed by atoms with Crippen LogP contribution in [0.3, 0.4) is 0 Å². The van der Waals surface area contributed by atoms with E-state index >= 15 is 0 Å². The van der Waals surface area contributed by atoms with E-state index in [-0.39, 0.29) is 11.8 Å². The minimum absolute atomic E-state index is 0.0156. The number of nitrogens with zero attached hydrogens (tertiary/aromatic N) is 3. The minimum atomic E-state index is -0.447. The van der Waals surface area contributed by atoms with Crippen LogP contribution in [-0.4, -0.2) is 143 Å². The quantitative estimate of drug-likeness (QED) is 0.0327. The summed E-state index contributed by atoms with van der Waals surface area (Å²) in [5.41, 5.74) is 0. The Morgan fingerprint density at radius 2 is 0.487 bits per heavy atom. The van der Waals surface area contributed by atoms with E-state index in [0.717, 1.165) is 90.0 Å². The van der Waals surface area contributed by atoms with Crippen LogP contribution in [0.5, 0.6) is 0 Å². The highest BCUT2D eigenvalue weighted by atomic mass is 16.3. The standard InChI is InChI=1S/C69H141N5O6/c1-6-11-15-19-23-27-31-35-39-43-47-64(75)60-73(61-65(76)48-44-40-36-32-28-24-20-16-12-7-2)58-53-70-68(79)51-56-72(55-10-5)57-52-69(80)71-54-59-74(62-66(77)49-45-41-37-33-29-25-21-17-13-8-3)63-67(78)50-46-42-38-34-30-26-22-18-14-9-4/h64-67,75-78H,6-63H2,1-5H3,(H,70,79)(H,71,80). The molecule has 0 radical (unpaired) electrons. The monoisotopic (exact) mass is 1140 g/mol. The van der Waals surface area contributed by atoms with Gasteiger partial charge in [0.15, 0.2) is 0 Å². The molecule has 0 saturated carbocycles. The third-order valence-electron chi connectivity index (χ3n) is 16.8. The van der Waals surface area contributed by atoms with Crippen molar-refractivity contribution in [2.45, 2.75) is 361 Å². The van der Waals surface area contributed by atoms with Crippen molar-refractivity contribution in [2.75, 3.05) is 72.0 Å². The highest BCUT2D eigenvalue weighted by Crippen LogP contribution is 2.18. The molecule has 4 unspecified atom stereocenters. The molecule has 0 aliphatic carbocycles. The van der Waals surface area contributed by atoms with E-state index in [4.69, 9.17) is 0 Å². The number of rotatable bonds is 66. The van der Waals surface area contributed by atoms with Gasteiger partial charge in [0, 0.05) is 78.3 Å². The summed E-state index contributed by atoms with van der Waals surface area (Å²) in [5, 5.41) is 50.8. The number of hydrogen-bond donors (Lipinski definition) is 6. The zero-order valence-corrected chi connectivity index (χ0v) is 54.3. The number of unbranched alkanes of at least 4 members (excludes halogenated alkanes) is 36. The van der Waals surface area contributed by atoms with Crippen LogP contribution >= 0.6 is 0 Å². The van der Waals surface area contributed by atoms with Gasteiger partial charge in [-0.3, -0.25) is 19.4 Å². The fraction of sp³-hybridized carbons (Fsp3) is 0.971. The number of aliphatic hydroxyl groups is 4. The number of aliphatic hydroxyl groups excluding tert-OH is 4. The van der Waals surface area contributed by atoms with Gasteiger partial charge in [-0.25, -0.2) is 0 Å². The molecule has 0 aliphatic heterocycles. The van der Waals surface area contributed by atoms with Gasteiger partial charge in [0.05, 0.1) is 24.4 Å². The van der Waals surface area contributed by atoms with E-state index in [1.165, 1.54) is 205 Å². The van der Waals surface area contributed by atoms with Crippen LogP contribution in [0, 0.1) is 0 Å². The van der Waals surface area contributed by atoms with Crippen molar-refractivity contribution in [3.05, 3.63) is 0 Å². The van der Waals surface area contributed by atoms with Gasteiger partial charge in [-0.1, -0.05) is 291 Å². The van der Waals surface area contributed by atoms with E-state index in [0.29, 0.717) is 78.3 Å². The minimum Gasteiger partial charge on any atom is -0.392 e. The normalized spacial score (nSPS) is 13.4. The molecule has 2 amide bonds. The maximum atomic E-state index is 13.2. The second-order valence-corrected chi connectivity index (χ2v) is 25.1. The van der Waals surface area contributed by atoms with Crippen molar-refractivity contribution in [2.24, 2.45) is 0 Å². The molecule has 0 aromatic rings.